The number of thioether (sulfide) groups is 1. The Bertz CT molecular complexity index is 493. The first-order chi connectivity index (χ1) is 11.0. The number of rotatable bonds is 5. The van der Waals surface area contributed by atoms with Gasteiger partial charge in [-0.1, -0.05) is 12.8 Å². The Balaban J connectivity index is 1.56. The zero-order chi connectivity index (χ0) is 16.3. The molecule has 0 bridgehead atoms. The number of nitrogens with zero attached hydrogens (tertiary/aromatic N) is 3. The second-order valence-corrected chi connectivity index (χ2v) is 9.32. The maximum atomic E-state index is 4.51. The van der Waals surface area contributed by atoms with Crippen molar-refractivity contribution in [3.8, 4) is 0 Å². The molecule has 1 aliphatic carbocycles. The summed E-state index contributed by atoms with van der Waals surface area (Å²) in [5, 5.41) is 8.25. The zero-order valence-electron chi connectivity index (χ0n) is 15.0. The fourth-order valence-corrected chi connectivity index (χ4v) is 4.84. The van der Waals surface area contributed by atoms with Gasteiger partial charge in [0, 0.05) is 55.0 Å². The van der Waals surface area contributed by atoms with Gasteiger partial charge < -0.3 is 5.32 Å². The van der Waals surface area contributed by atoms with E-state index in [4.69, 9.17) is 0 Å². The third-order valence-corrected chi connectivity index (χ3v) is 6.27. The van der Waals surface area contributed by atoms with Crippen LogP contribution in [0, 0.1) is 0 Å². The van der Waals surface area contributed by atoms with E-state index in [1.807, 2.05) is 6.20 Å². The lowest BCUT2D eigenvalue weighted by atomic mass is 9.94. The molecular formula is C18H32N4S. The second kappa shape index (κ2) is 7.16. The average molecular weight is 337 g/mol. The molecule has 0 aromatic carbocycles. The molecule has 1 N–H and O–H groups in total. The average Bonchev–Trinajstić information content (AvgIpc) is 3.18. The van der Waals surface area contributed by atoms with E-state index in [2.05, 4.69) is 58.7 Å². The van der Waals surface area contributed by atoms with Gasteiger partial charge in [-0.05, 0) is 33.6 Å². The smallest absolute Gasteiger partial charge is 0.0543 e. The second-order valence-electron chi connectivity index (χ2n) is 8.10. The molecular weight excluding hydrogens is 304 g/mol. The number of aromatic nitrogens is 2. The van der Waals surface area contributed by atoms with E-state index in [1.165, 1.54) is 55.8 Å². The molecule has 1 aromatic rings. The number of nitrogens with one attached hydrogen (secondary N) is 1. The van der Waals surface area contributed by atoms with Gasteiger partial charge in [-0.15, -0.1) is 0 Å². The van der Waals surface area contributed by atoms with Gasteiger partial charge in [-0.3, -0.25) is 9.58 Å². The lowest BCUT2D eigenvalue weighted by Crippen LogP contribution is -2.55. The summed E-state index contributed by atoms with van der Waals surface area (Å²) in [6.07, 6.45) is 9.72. The van der Waals surface area contributed by atoms with E-state index in [-0.39, 0.29) is 5.54 Å². The Labute approximate surface area is 145 Å². The quantitative estimate of drug-likeness (QED) is 0.896. The summed E-state index contributed by atoms with van der Waals surface area (Å²) in [4.78, 5) is 2.78. The van der Waals surface area contributed by atoms with Crippen LogP contribution < -0.4 is 5.32 Å². The number of hydrogen-bond donors (Lipinski definition) is 1. The summed E-state index contributed by atoms with van der Waals surface area (Å²) in [6, 6.07) is 0. The van der Waals surface area contributed by atoms with Crippen molar-refractivity contribution >= 4 is 11.8 Å². The van der Waals surface area contributed by atoms with Crippen LogP contribution in [0.4, 0.5) is 0 Å². The largest absolute Gasteiger partial charge is 0.311 e. The molecule has 1 aliphatic heterocycles. The van der Waals surface area contributed by atoms with Crippen molar-refractivity contribution in [1.82, 2.24) is 20.0 Å². The Kier molecular flexibility index (Phi) is 5.39. The maximum absolute atomic E-state index is 4.51. The van der Waals surface area contributed by atoms with Gasteiger partial charge in [0.25, 0.3) is 0 Å². The van der Waals surface area contributed by atoms with Gasteiger partial charge in [0.15, 0.2) is 0 Å². The van der Waals surface area contributed by atoms with E-state index in [0.717, 1.165) is 13.1 Å². The third kappa shape index (κ3) is 4.12. The highest BCUT2D eigenvalue weighted by Crippen LogP contribution is 2.36. The van der Waals surface area contributed by atoms with Crippen molar-refractivity contribution in [2.24, 2.45) is 0 Å². The Morgan fingerprint density at radius 3 is 2.52 bits per heavy atom. The van der Waals surface area contributed by atoms with Crippen molar-refractivity contribution < 1.29 is 0 Å². The molecule has 0 spiro atoms. The fourth-order valence-electron chi connectivity index (χ4n) is 3.93. The van der Waals surface area contributed by atoms with Gasteiger partial charge in [0.1, 0.15) is 0 Å². The maximum Gasteiger partial charge on any atom is 0.0543 e. The predicted molar refractivity (Wildman–Crippen MR) is 99.0 cm³/mol. The Morgan fingerprint density at radius 1 is 1.22 bits per heavy atom. The molecule has 2 aliphatic rings. The van der Waals surface area contributed by atoms with Crippen LogP contribution in [0.25, 0.3) is 0 Å². The van der Waals surface area contributed by atoms with E-state index >= 15 is 0 Å². The molecule has 0 radical (unpaired) electrons. The van der Waals surface area contributed by atoms with Crippen LogP contribution in [0.3, 0.4) is 0 Å². The molecule has 0 amide bonds. The molecule has 1 saturated heterocycles. The normalized spacial score (nSPS) is 22.6. The molecule has 5 heteroatoms. The first-order valence-corrected chi connectivity index (χ1v) is 10.2. The third-order valence-electron chi connectivity index (χ3n) is 5.32. The van der Waals surface area contributed by atoms with Crippen molar-refractivity contribution in [1.29, 1.82) is 0 Å². The summed E-state index contributed by atoms with van der Waals surface area (Å²) >= 11 is 2.11. The highest BCUT2D eigenvalue weighted by Gasteiger charge is 2.39. The topological polar surface area (TPSA) is 33.1 Å². The Hall–Kier alpha value is -0.520. The van der Waals surface area contributed by atoms with Crippen LogP contribution in [0.5, 0.6) is 0 Å². The summed E-state index contributed by atoms with van der Waals surface area (Å²) in [6.45, 7) is 11.2. The monoisotopic (exact) mass is 336 g/mol. The highest BCUT2D eigenvalue weighted by atomic mass is 32.2. The van der Waals surface area contributed by atoms with Crippen LogP contribution in [-0.2, 0) is 12.1 Å². The van der Waals surface area contributed by atoms with E-state index in [1.54, 1.807) is 0 Å². The molecule has 130 valence electrons. The van der Waals surface area contributed by atoms with Gasteiger partial charge >= 0.3 is 0 Å². The van der Waals surface area contributed by atoms with Crippen LogP contribution in [0.15, 0.2) is 12.4 Å². The van der Waals surface area contributed by atoms with Crippen molar-refractivity contribution in [3.63, 3.8) is 0 Å². The predicted octanol–water partition coefficient (Wildman–Crippen LogP) is 3.09. The van der Waals surface area contributed by atoms with Crippen LogP contribution in [-0.4, -0.2) is 51.4 Å². The van der Waals surface area contributed by atoms with Crippen LogP contribution in [0.2, 0.25) is 0 Å². The standard InChI is InChI=1S/C18H32N4S/c1-17(2,3)22-14-16(13-20-22)12-19-15-18(6-4-5-7-18)21-8-10-23-11-9-21/h13-14,19H,4-12,15H2,1-3H3. The fraction of sp³-hybridized carbons (Fsp3) is 0.833. The van der Waals surface area contributed by atoms with E-state index < -0.39 is 0 Å². The van der Waals surface area contributed by atoms with Gasteiger partial charge in [-0.25, -0.2) is 0 Å². The number of hydrogen-bond acceptors (Lipinski definition) is 4. The van der Waals surface area contributed by atoms with Gasteiger partial charge in [0.2, 0.25) is 0 Å². The van der Waals surface area contributed by atoms with Crippen molar-refractivity contribution in [2.45, 2.75) is 64.1 Å². The van der Waals surface area contributed by atoms with Crippen molar-refractivity contribution in [3.05, 3.63) is 18.0 Å². The summed E-state index contributed by atoms with van der Waals surface area (Å²) in [5.41, 5.74) is 1.78. The van der Waals surface area contributed by atoms with Gasteiger partial charge in [-0.2, -0.15) is 16.9 Å². The van der Waals surface area contributed by atoms with E-state index in [9.17, 15) is 0 Å². The molecule has 2 heterocycles. The minimum absolute atomic E-state index is 0.0659. The molecule has 0 unspecified atom stereocenters. The highest BCUT2D eigenvalue weighted by molar-refractivity contribution is 7.99. The molecule has 1 saturated carbocycles. The summed E-state index contributed by atoms with van der Waals surface area (Å²) in [7, 11) is 0. The van der Waals surface area contributed by atoms with Crippen LogP contribution >= 0.6 is 11.8 Å². The molecule has 3 rings (SSSR count). The zero-order valence-corrected chi connectivity index (χ0v) is 15.8. The van der Waals surface area contributed by atoms with E-state index in [0.29, 0.717) is 5.54 Å². The SMILES string of the molecule is CC(C)(C)n1cc(CNCC2(N3CCSCC3)CCCC2)cn1. The van der Waals surface area contributed by atoms with Gasteiger partial charge in [0.05, 0.1) is 11.7 Å². The minimum Gasteiger partial charge on any atom is -0.311 e. The summed E-state index contributed by atoms with van der Waals surface area (Å²) in [5.74, 6) is 2.61. The molecule has 23 heavy (non-hydrogen) atoms. The van der Waals surface area contributed by atoms with Crippen molar-refractivity contribution in [2.75, 3.05) is 31.1 Å². The molecule has 2 fully saturated rings. The first-order valence-electron chi connectivity index (χ1n) is 9.07. The first kappa shape index (κ1) is 17.3. The van der Waals surface area contributed by atoms with Crippen LogP contribution in [0.1, 0.15) is 52.0 Å². The summed E-state index contributed by atoms with van der Waals surface area (Å²) < 4.78 is 2.07. The lowest BCUT2D eigenvalue weighted by molar-refractivity contribution is 0.102. The lowest BCUT2D eigenvalue weighted by Gasteiger charge is -2.43. The molecule has 0 atom stereocenters. The Morgan fingerprint density at radius 2 is 1.91 bits per heavy atom. The minimum atomic E-state index is 0.0659. The molecule has 1 aromatic heterocycles. The molecule has 4 nitrogen and oxygen atoms in total.